The number of nitrogens with zero attached hydrogens (tertiary/aromatic N) is 1. The van der Waals surface area contributed by atoms with Crippen molar-refractivity contribution in [2.75, 3.05) is 13.7 Å². The Labute approximate surface area is 190 Å². The largest absolute Gasteiger partial charge is 0.489 e. The van der Waals surface area contributed by atoms with Crippen LogP contribution in [-0.4, -0.2) is 19.4 Å². The van der Waals surface area contributed by atoms with E-state index in [2.05, 4.69) is 55.4 Å². The summed E-state index contributed by atoms with van der Waals surface area (Å²) in [5, 5.41) is 4.12. The van der Waals surface area contributed by atoms with Crippen LogP contribution in [0.4, 0.5) is 0 Å². The predicted molar refractivity (Wildman–Crippen MR) is 129 cm³/mol. The van der Waals surface area contributed by atoms with Crippen molar-refractivity contribution in [1.29, 1.82) is 0 Å². The first-order chi connectivity index (χ1) is 15.7. The number of benzene rings is 3. The van der Waals surface area contributed by atoms with Gasteiger partial charge in [-0.3, -0.25) is 0 Å². The van der Waals surface area contributed by atoms with E-state index in [1.54, 1.807) is 7.11 Å². The Hall–Kier alpha value is -3.27. The van der Waals surface area contributed by atoms with Gasteiger partial charge in [-0.15, -0.1) is 0 Å². The topological polar surface area (TPSA) is 40.0 Å². The van der Waals surface area contributed by atoms with Crippen molar-refractivity contribution in [3.8, 4) is 11.5 Å². The Bertz CT molecular complexity index is 1020. The fraction of sp³-hybridized carbons (Fsp3) is 0.321. The van der Waals surface area contributed by atoms with Gasteiger partial charge in [-0.05, 0) is 60.6 Å². The zero-order valence-electron chi connectivity index (χ0n) is 19.1. The molecule has 0 bridgehead atoms. The van der Waals surface area contributed by atoms with Crippen molar-refractivity contribution in [2.24, 2.45) is 11.1 Å². The van der Waals surface area contributed by atoms with Crippen LogP contribution in [0.2, 0.25) is 0 Å². The zero-order valence-corrected chi connectivity index (χ0v) is 19.1. The van der Waals surface area contributed by atoms with Crippen LogP contribution in [0, 0.1) is 12.8 Å². The third-order valence-corrected chi connectivity index (χ3v) is 6.05. The van der Waals surface area contributed by atoms with E-state index in [9.17, 15) is 0 Å². The molecule has 1 fully saturated rings. The highest BCUT2D eigenvalue weighted by Gasteiger charge is 2.36. The van der Waals surface area contributed by atoms with Gasteiger partial charge in [-0.2, -0.15) is 0 Å². The number of hydrogen-bond acceptors (Lipinski definition) is 4. The molecule has 2 unspecified atom stereocenters. The van der Waals surface area contributed by atoms with E-state index in [-0.39, 0.29) is 0 Å². The summed E-state index contributed by atoms with van der Waals surface area (Å²) in [4.78, 5) is 5.00. The molecule has 0 aliphatic heterocycles. The first-order valence-electron chi connectivity index (χ1n) is 11.3. The predicted octanol–water partition coefficient (Wildman–Crippen LogP) is 6.52. The lowest BCUT2D eigenvalue weighted by Crippen LogP contribution is -2.13. The first-order valence-corrected chi connectivity index (χ1v) is 11.3. The molecule has 0 radical (unpaired) electrons. The van der Waals surface area contributed by atoms with Crippen molar-refractivity contribution in [3.63, 3.8) is 0 Å². The molecule has 2 atom stereocenters. The van der Waals surface area contributed by atoms with E-state index in [1.165, 1.54) is 24.0 Å². The van der Waals surface area contributed by atoms with Gasteiger partial charge in [-0.25, -0.2) is 0 Å². The van der Waals surface area contributed by atoms with Crippen molar-refractivity contribution in [2.45, 2.75) is 39.2 Å². The van der Waals surface area contributed by atoms with Crippen molar-refractivity contribution in [3.05, 3.63) is 95.1 Å². The zero-order chi connectivity index (χ0) is 22.3. The summed E-state index contributed by atoms with van der Waals surface area (Å²) in [6.07, 6.45) is 2.60. The molecule has 0 saturated heterocycles. The highest BCUT2D eigenvalue weighted by molar-refractivity contribution is 6.01. The number of oxime groups is 1. The summed E-state index contributed by atoms with van der Waals surface area (Å²) in [5.41, 5.74) is 5.47. The second-order valence-corrected chi connectivity index (χ2v) is 8.39. The molecule has 0 aromatic heterocycles. The highest BCUT2D eigenvalue weighted by atomic mass is 16.6. The molecule has 0 heterocycles. The van der Waals surface area contributed by atoms with Gasteiger partial charge in [0.15, 0.2) is 0 Å². The Kier molecular flexibility index (Phi) is 7.10. The second-order valence-electron chi connectivity index (χ2n) is 8.39. The molecular formula is C28H31NO3. The van der Waals surface area contributed by atoms with E-state index in [4.69, 9.17) is 14.3 Å². The van der Waals surface area contributed by atoms with Gasteiger partial charge in [0.05, 0.1) is 0 Å². The molecule has 0 amide bonds. The molecule has 4 nitrogen and oxygen atoms in total. The second kappa shape index (κ2) is 10.4. The van der Waals surface area contributed by atoms with E-state index in [0.717, 1.165) is 40.2 Å². The molecule has 3 aromatic carbocycles. The summed E-state index contributed by atoms with van der Waals surface area (Å²) in [6.45, 7) is 5.19. The number of hydrogen-bond donors (Lipinski definition) is 0. The summed E-state index contributed by atoms with van der Waals surface area (Å²) in [7, 11) is 1.55. The van der Waals surface area contributed by atoms with Gasteiger partial charge in [0.25, 0.3) is 0 Å². The molecule has 1 aliphatic carbocycles. The molecule has 0 N–H and O–H groups in total. The summed E-state index contributed by atoms with van der Waals surface area (Å²) < 4.78 is 11.9. The molecule has 4 rings (SSSR count). The first kappa shape index (κ1) is 21.9. The lowest BCUT2D eigenvalue weighted by Gasteiger charge is -2.11. The normalized spacial score (nSPS) is 17.7. The van der Waals surface area contributed by atoms with Gasteiger partial charge in [0, 0.05) is 5.56 Å². The van der Waals surface area contributed by atoms with Crippen molar-refractivity contribution >= 4 is 5.71 Å². The molecule has 32 heavy (non-hydrogen) atoms. The van der Waals surface area contributed by atoms with Crippen LogP contribution >= 0.6 is 0 Å². The van der Waals surface area contributed by atoms with E-state index in [0.29, 0.717) is 13.2 Å². The molecule has 1 saturated carbocycles. The van der Waals surface area contributed by atoms with E-state index >= 15 is 0 Å². The maximum atomic E-state index is 5.96. The molecule has 3 aromatic rings. The van der Waals surface area contributed by atoms with E-state index in [1.807, 2.05) is 36.4 Å². The average molecular weight is 430 g/mol. The summed E-state index contributed by atoms with van der Waals surface area (Å²) >= 11 is 0. The van der Waals surface area contributed by atoms with E-state index < -0.39 is 0 Å². The van der Waals surface area contributed by atoms with Crippen LogP contribution in [0.3, 0.4) is 0 Å². The Balaban J connectivity index is 1.28. The minimum absolute atomic E-state index is 0.332. The third kappa shape index (κ3) is 5.70. The maximum absolute atomic E-state index is 5.96. The Morgan fingerprint density at radius 1 is 0.875 bits per heavy atom. The SMILES string of the molecule is CCC1CC1c1ccc(OCc2ccc(OC/C(=N\OC)c3ccc(C)cc3)cc2)cc1. The van der Waals surface area contributed by atoms with Gasteiger partial charge < -0.3 is 14.3 Å². The quantitative estimate of drug-likeness (QED) is 0.272. The number of aryl methyl sites for hydroxylation is 1. The van der Waals surface area contributed by atoms with Crippen LogP contribution in [0.25, 0.3) is 0 Å². The lowest BCUT2D eigenvalue weighted by atomic mass is 10.1. The minimum Gasteiger partial charge on any atom is -0.489 e. The van der Waals surface area contributed by atoms with Crippen molar-refractivity contribution in [1.82, 2.24) is 0 Å². The van der Waals surface area contributed by atoms with Crippen LogP contribution in [0.15, 0.2) is 78.0 Å². The van der Waals surface area contributed by atoms with Crippen LogP contribution in [-0.2, 0) is 11.4 Å². The van der Waals surface area contributed by atoms with Crippen molar-refractivity contribution < 1.29 is 14.3 Å². The monoisotopic (exact) mass is 429 g/mol. The maximum Gasteiger partial charge on any atom is 0.134 e. The Morgan fingerprint density at radius 2 is 1.53 bits per heavy atom. The van der Waals surface area contributed by atoms with Gasteiger partial charge >= 0.3 is 0 Å². The summed E-state index contributed by atoms with van der Waals surface area (Å²) in [6, 6.07) is 24.7. The molecule has 166 valence electrons. The van der Waals surface area contributed by atoms with Gasteiger partial charge in [0.1, 0.15) is 37.5 Å². The number of rotatable bonds is 10. The molecule has 1 aliphatic rings. The van der Waals surface area contributed by atoms with Crippen LogP contribution in [0.1, 0.15) is 47.9 Å². The fourth-order valence-corrected chi connectivity index (χ4v) is 3.94. The fourth-order valence-electron chi connectivity index (χ4n) is 3.94. The lowest BCUT2D eigenvalue weighted by molar-refractivity contribution is 0.210. The van der Waals surface area contributed by atoms with Crippen LogP contribution in [0.5, 0.6) is 11.5 Å². The average Bonchev–Trinajstić information content (AvgIpc) is 3.62. The standard InChI is InChI=1S/C28H31NO3/c1-4-22-17-27(22)23-11-15-26(16-12-23)31-18-21-7-13-25(14-8-21)32-19-28(29-30-3)24-9-5-20(2)6-10-24/h5-16,22,27H,4,17-19H2,1-3H3/b29-28+. The third-order valence-electron chi connectivity index (χ3n) is 6.05. The smallest absolute Gasteiger partial charge is 0.134 e. The molecule has 4 heteroatoms. The highest BCUT2D eigenvalue weighted by Crippen LogP contribution is 2.49. The number of ether oxygens (including phenoxy) is 2. The van der Waals surface area contributed by atoms with Crippen LogP contribution < -0.4 is 9.47 Å². The Morgan fingerprint density at radius 3 is 2.16 bits per heavy atom. The molecular weight excluding hydrogens is 398 g/mol. The summed E-state index contributed by atoms with van der Waals surface area (Å²) in [5.74, 6) is 3.31. The van der Waals surface area contributed by atoms with Gasteiger partial charge in [-0.1, -0.05) is 72.6 Å². The molecule has 0 spiro atoms. The van der Waals surface area contributed by atoms with Gasteiger partial charge in [0.2, 0.25) is 0 Å². The minimum atomic E-state index is 0.332.